The lowest BCUT2D eigenvalue weighted by molar-refractivity contribution is 0.0887. The molecular formula is C15H17NO3. The number of nitrogens with one attached hydrogen (secondary N) is 1. The number of furan rings is 1. The van der Waals surface area contributed by atoms with Crippen LogP contribution in [-0.4, -0.2) is 17.6 Å². The standard InChI is InChI=1S/C15H17NO3/c1-2-12-8-9-14(19-12)15(18)16-10-13(17)11-6-4-3-5-7-11/h3-9,13,17H,2,10H2,1H3,(H,16,18). The van der Waals surface area contributed by atoms with E-state index in [2.05, 4.69) is 5.32 Å². The van der Waals surface area contributed by atoms with E-state index in [1.54, 1.807) is 12.1 Å². The van der Waals surface area contributed by atoms with Gasteiger partial charge in [0.05, 0.1) is 6.10 Å². The number of rotatable bonds is 5. The molecular weight excluding hydrogens is 242 g/mol. The van der Waals surface area contributed by atoms with E-state index in [9.17, 15) is 9.90 Å². The number of carbonyl (C=O) groups excluding carboxylic acids is 1. The van der Waals surface area contributed by atoms with Crippen LogP contribution < -0.4 is 5.32 Å². The number of hydrogen-bond acceptors (Lipinski definition) is 3. The van der Waals surface area contributed by atoms with Crippen molar-refractivity contribution in [3.63, 3.8) is 0 Å². The van der Waals surface area contributed by atoms with Gasteiger partial charge in [-0.2, -0.15) is 0 Å². The quantitative estimate of drug-likeness (QED) is 0.866. The Balaban J connectivity index is 1.90. The zero-order valence-electron chi connectivity index (χ0n) is 10.8. The van der Waals surface area contributed by atoms with Crippen LogP contribution in [0.3, 0.4) is 0 Å². The van der Waals surface area contributed by atoms with E-state index in [1.807, 2.05) is 37.3 Å². The number of aliphatic hydroxyl groups excluding tert-OH is 1. The number of aliphatic hydroxyl groups is 1. The van der Waals surface area contributed by atoms with Crippen LogP contribution in [0.5, 0.6) is 0 Å². The van der Waals surface area contributed by atoms with Gasteiger partial charge in [0.2, 0.25) is 0 Å². The van der Waals surface area contributed by atoms with Crippen LogP contribution in [0.15, 0.2) is 46.9 Å². The molecule has 2 aromatic rings. The maximum absolute atomic E-state index is 11.8. The Hall–Kier alpha value is -2.07. The molecule has 0 aliphatic rings. The number of carbonyl (C=O) groups is 1. The normalized spacial score (nSPS) is 12.1. The monoisotopic (exact) mass is 259 g/mol. The van der Waals surface area contributed by atoms with Crippen LogP contribution >= 0.6 is 0 Å². The molecule has 19 heavy (non-hydrogen) atoms. The zero-order chi connectivity index (χ0) is 13.7. The topological polar surface area (TPSA) is 62.5 Å². The Morgan fingerprint density at radius 2 is 2.00 bits per heavy atom. The highest BCUT2D eigenvalue weighted by molar-refractivity contribution is 5.91. The molecule has 1 atom stereocenters. The highest BCUT2D eigenvalue weighted by Crippen LogP contribution is 2.12. The molecule has 0 bridgehead atoms. The van der Waals surface area contributed by atoms with Crippen LogP contribution in [0.2, 0.25) is 0 Å². The third-order valence-electron chi connectivity index (χ3n) is 2.87. The Morgan fingerprint density at radius 1 is 1.26 bits per heavy atom. The minimum atomic E-state index is -0.717. The van der Waals surface area contributed by atoms with Crippen LogP contribution in [-0.2, 0) is 6.42 Å². The van der Waals surface area contributed by atoms with Crippen molar-refractivity contribution in [3.8, 4) is 0 Å². The summed E-state index contributed by atoms with van der Waals surface area (Å²) in [6, 6.07) is 12.6. The third-order valence-corrected chi connectivity index (χ3v) is 2.87. The van der Waals surface area contributed by atoms with Crippen molar-refractivity contribution in [2.75, 3.05) is 6.54 Å². The summed E-state index contributed by atoms with van der Waals surface area (Å²) in [4.78, 5) is 11.8. The second kappa shape index (κ2) is 6.20. The summed E-state index contributed by atoms with van der Waals surface area (Å²) in [5.74, 6) is 0.737. The van der Waals surface area contributed by atoms with E-state index >= 15 is 0 Å². The van der Waals surface area contributed by atoms with Crippen LogP contribution in [0.1, 0.15) is 34.9 Å². The van der Waals surface area contributed by atoms with Crippen LogP contribution in [0, 0.1) is 0 Å². The molecule has 4 nitrogen and oxygen atoms in total. The highest BCUT2D eigenvalue weighted by Gasteiger charge is 2.13. The van der Waals surface area contributed by atoms with Crippen molar-refractivity contribution in [1.82, 2.24) is 5.32 Å². The van der Waals surface area contributed by atoms with Gasteiger partial charge < -0.3 is 14.8 Å². The molecule has 1 heterocycles. The molecule has 0 aliphatic heterocycles. The second-order valence-corrected chi connectivity index (χ2v) is 4.26. The summed E-state index contributed by atoms with van der Waals surface area (Å²) in [7, 11) is 0. The van der Waals surface area contributed by atoms with Crippen molar-refractivity contribution in [1.29, 1.82) is 0 Å². The fraction of sp³-hybridized carbons (Fsp3) is 0.267. The van der Waals surface area contributed by atoms with E-state index in [1.165, 1.54) is 0 Å². The van der Waals surface area contributed by atoms with E-state index < -0.39 is 6.10 Å². The van der Waals surface area contributed by atoms with Crippen molar-refractivity contribution < 1.29 is 14.3 Å². The number of hydrogen-bond donors (Lipinski definition) is 2. The summed E-state index contributed by atoms with van der Waals surface area (Å²) < 4.78 is 5.34. The van der Waals surface area contributed by atoms with Crippen molar-refractivity contribution >= 4 is 5.91 Å². The van der Waals surface area contributed by atoms with Crippen molar-refractivity contribution in [3.05, 3.63) is 59.5 Å². The van der Waals surface area contributed by atoms with Gasteiger partial charge >= 0.3 is 0 Å². The average Bonchev–Trinajstić information content (AvgIpc) is 2.94. The highest BCUT2D eigenvalue weighted by atomic mass is 16.3. The average molecular weight is 259 g/mol. The largest absolute Gasteiger partial charge is 0.456 e. The van der Waals surface area contributed by atoms with E-state index in [4.69, 9.17) is 4.42 Å². The molecule has 0 spiro atoms. The summed E-state index contributed by atoms with van der Waals surface area (Å²) in [5.41, 5.74) is 0.775. The molecule has 0 saturated carbocycles. The van der Waals surface area contributed by atoms with Gasteiger partial charge in [0.25, 0.3) is 5.91 Å². The molecule has 1 aromatic carbocycles. The fourth-order valence-corrected chi connectivity index (χ4v) is 1.76. The van der Waals surface area contributed by atoms with E-state index in [-0.39, 0.29) is 18.2 Å². The molecule has 0 fully saturated rings. The van der Waals surface area contributed by atoms with Gasteiger partial charge in [-0.05, 0) is 17.7 Å². The van der Waals surface area contributed by atoms with Crippen LogP contribution in [0.25, 0.3) is 0 Å². The predicted octanol–water partition coefficient (Wildman–Crippen LogP) is 2.31. The Morgan fingerprint density at radius 3 is 2.63 bits per heavy atom. The smallest absolute Gasteiger partial charge is 0.287 e. The molecule has 0 saturated heterocycles. The maximum Gasteiger partial charge on any atom is 0.287 e. The predicted molar refractivity (Wildman–Crippen MR) is 71.8 cm³/mol. The van der Waals surface area contributed by atoms with Gasteiger partial charge in [0.1, 0.15) is 5.76 Å². The van der Waals surface area contributed by atoms with Gasteiger partial charge in [0, 0.05) is 13.0 Å². The molecule has 100 valence electrons. The molecule has 2 rings (SSSR count). The molecule has 1 aromatic heterocycles. The van der Waals surface area contributed by atoms with E-state index in [0.29, 0.717) is 0 Å². The van der Waals surface area contributed by atoms with Crippen molar-refractivity contribution in [2.24, 2.45) is 0 Å². The van der Waals surface area contributed by atoms with Gasteiger partial charge in [-0.15, -0.1) is 0 Å². The lowest BCUT2D eigenvalue weighted by Crippen LogP contribution is -2.28. The van der Waals surface area contributed by atoms with Crippen LogP contribution in [0.4, 0.5) is 0 Å². The third kappa shape index (κ3) is 3.45. The number of benzene rings is 1. The van der Waals surface area contributed by atoms with Gasteiger partial charge in [0.15, 0.2) is 5.76 Å². The minimum Gasteiger partial charge on any atom is -0.456 e. The Labute approximate surface area is 112 Å². The lowest BCUT2D eigenvalue weighted by atomic mass is 10.1. The van der Waals surface area contributed by atoms with Gasteiger partial charge in [-0.3, -0.25) is 4.79 Å². The molecule has 1 unspecified atom stereocenters. The Bertz CT molecular complexity index is 533. The molecule has 0 aliphatic carbocycles. The summed E-state index contributed by atoms with van der Waals surface area (Å²) in [6.45, 7) is 2.12. The first-order valence-corrected chi connectivity index (χ1v) is 6.30. The zero-order valence-corrected chi connectivity index (χ0v) is 10.8. The maximum atomic E-state index is 11.8. The summed E-state index contributed by atoms with van der Waals surface area (Å²) in [6.07, 6.45) is 0.0330. The first-order valence-electron chi connectivity index (χ1n) is 6.30. The molecule has 2 N–H and O–H groups in total. The number of aryl methyl sites for hydroxylation is 1. The van der Waals surface area contributed by atoms with Crippen molar-refractivity contribution in [2.45, 2.75) is 19.4 Å². The van der Waals surface area contributed by atoms with Gasteiger partial charge in [-0.25, -0.2) is 0 Å². The van der Waals surface area contributed by atoms with E-state index in [0.717, 1.165) is 17.7 Å². The fourth-order valence-electron chi connectivity index (χ4n) is 1.76. The lowest BCUT2D eigenvalue weighted by Gasteiger charge is -2.11. The summed E-state index contributed by atoms with van der Waals surface area (Å²) >= 11 is 0. The first-order chi connectivity index (χ1) is 9.20. The first kappa shape index (κ1) is 13.4. The molecule has 1 amide bonds. The SMILES string of the molecule is CCc1ccc(C(=O)NCC(O)c2ccccc2)o1. The Kier molecular flexibility index (Phi) is 4.36. The second-order valence-electron chi connectivity index (χ2n) is 4.26. The number of amides is 1. The summed E-state index contributed by atoms with van der Waals surface area (Å²) in [5, 5.41) is 12.6. The molecule has 4 heteroatoms. The minimum absolute atomic E-state index is 0.158. The molecule has 0 radical (unpaired) electrons. The van der Waals surface area contributed by atoms with Gasteiger partial charge in [-0.1, -0.05) is 37.3 Å².